The summed E-state index contributed by atoms with van der Waals surface area (Å²) in [6.07, 6.45) is 1.65. The van der Waals surface area contributed by atoms with E-state index >= 15 is 0 Å². The van der Waals surface area contributed by atoms with Gasteiger partial charge in [0, 0.05) is 18.4 Å². The molecule has 0 spiro atoms. The van der Waals surface area contributed by atoms with Gasteiger partial charge in [-0.2, -0.15) is 0 Å². The Kier molecular flexibility index (Phi) is 3.77. The highest BCUT2D eigenvalue weighted by atomic mass is 19.2. The highest BCUT2D eigenvalue weighted by Gasteiger charge is 2.15. The molecule has 0 radical (unpaired) electrons. The Morgan fingerprint density at radius 2 is 2.00 bits per heavy atom. The van der Waals surface area contributed by atoms with Gasteiger partial charge in [0.05, 0.1) is 12.4 Å². The Morgan fingerprint density at radius 1 is 1.22 bits per heavy atom. The van der Waals surface area contributed by atoms with Crippen molar-refractivity contribution in [3.8, 4) is 0 Å². The van der Waals surface area contributed by atoms with E-state index in [1.807, 2.05) is 6.92 Å². The number of halogens is 2. The average Bonchev–Trinajstić information content (AvgIpc) is 2.82. The summed E-state index contributed by atoms with van der Waals surface area (Å²) in [6.45, 7) is 1.92. The Hall–Kier alpha value is -1.68. The molecule has 4 heteroatoms. The van der Waals surface area contributed by atoms with E-state index in [0.29, 0.717) is 23.3 Å². The van der Waals surface area contributed by atoms with Crippen LogP contribution in [0.25, 0.3) is 0 Å². The molecule has 1 aromatic heterocycles. The molecule has 1 aromatic carbocycles. The minimum Gasteiger partial charge on any atom is -0.469 e. The molecule has 18 heavy (non-hydrogen) atoms. The first-order valence-electron chi connectivity index (χ1n) is 5.80. The first-order chi connectivity index (χ1) is 8.61. The molecule has 1 N–H and O–H groups in total. The number of furan rings is 1. The molecular formula is C14H14F2O2. The van der Waals surface area contributed by atoms with E-state index < -0.39 is 17.7 Å². The summed E-state index contributed by atoms with van der Waals surface area (Å²) in [7, 11) is 0. The van der Waals surface area contributed by atoms with Crippen molar-refractivity contribution in [3.63, 3.8) is 0 Å². The zero-order chi connectivity index (χ0) is 13.1. The fourth-order valence-corrected chi connectivity index (χ4v) is 1.93. The lowest BCUT2D eigenvalue weighted by Crippen LogP contribution is -2.03. The lowest BCUT2D eigenvalue weighted by Gasteiger charge is -2.10. The van der Waals surface area contributed by atoms with E-state index in [9.17, 15) is 13.9 Å². The second-order valence-electron chi connectivity index (χ2n) is 4.12. The average molecular weight is 252 g/mol. The van der Waals surface area contributed by atoms with Crippen LogP contribution in [0.15, 0.2) is 34.9 Å². The van der Waals surface area contributed by atoms with Gasteiger partial charge in [0.25, 0.3) is 0 Å². The molecule has 2 aromatic rings. The highest BCUT2D eigenvalue weighted by molar-refractivity contribution is 5.24. The SMILES string of the molecule is CCc1occc1C(O)Cc1ccc(F)c(F)c1. The first kappa shape index (κ1) is 12.8. The summed E-state index contributed by atoms with van der Waals surface area (Å²) in [5.74, 6) is -1.07. The maximum atomic E-state index is 13.0. The fourth-order valence-electron chi connectivity index (χ4n) is 1.93. The number of aliphatic hydroxyl groups is 1. The van der Waals surface area contributed by atoms with Gasteiger partial charge in [0.1, 0.15) is 5.76 Å². The van der Waals surface area contributed by atoms with Crippen LogP contribution in [-0.2, 0) is 12.8 Å². The quantitative estimate of drug-likeness (QED) is 0.904. The Balaban J connectivity index is 2.16. The topological polar surface area (TPSA) is 33.4 Å². The second kappa shape index (κ2) is 5.31. The van der Waals surface area contributed by atoms with E-state index in [4.69, 9.17) is 4.42 Å². The van der Waals surface area contributed by atoms with Crippen LogP contribution in [0.4, 0.5) is 8.78 Å². The molecule has 1 atom stereocenters. The van der Waals surface area contributed by atoms with E-state index in [-0.39, 0.29) is 6.42 Å². The van der Waals surface area contributed by atoms with Crippen molar-refractivity contribution < 1.29 is 18.3 Å². The minimum absolute atomic E-state index is 0.226. The van der Waals surface area contributed by atoms with Gasteiger partial charge in [-0.15, -0.1) is 0 Å². The standard InChI is InChI=1S/C14H14F2O2/c1-2-14-10(5-6-18-14)13(17)8-9-3-4-11(15)12(16)7-9/h3-7,13,17H,2,8H2,1H3. The van der Waals surface area contributed by atoms with Crippen LogP contribution >= 0.6 is 0 Å². The van der Waals surface area contributed by atoms with Crippen molar-refractivity contribution in [1.82, 2.24) is 0 Å². The van der Waals surface area contributed by atoms with E-state index in [1.165, 1.54) is 12.3 Å². The molecule has 0 aliphatic rings. The highest BCUT2D eigenvalue weighted by Crippen LogP contribution is 2.24. The molecule has 0 amide bonds. The van der Waals surface area contributed by atoms with Crippen LogP contribution in [-0.4, -0.2) is 5.11 Å². The van der Waals surface area contributed by atoms with Crippen molar-refractivity contribution in [2.75, 3.05) is 0 Å². The molecule has 0 fully saturated rings. The van der Waals surface area contributed by atoms with Gasteiger partial charge in [0.15, 0.2) is 11.6 Å². The predicted molar refractivity (Wildman–Crippen MR) is 63.1 cm³/mol. The first-order valence-corrected chi connectivity index (χ1v) is 5.80. The third-order valence-corrected chi connectivity index (χ3v) is 2.87. The smallest absolute Gasteiger partial charge is 0.159 e. The Labute approximate surface area is 104 Å². The van der Waals surface area contributed by atoms with Crippen LogP contribution in [0.5, 0.6) is 0 Å². The third-order valence-electron chi connectivity index (χ3n) is 2.87. The zero-order valence-electron chi connectivity index (χ0n) is 9.99. The molecule has 0 aliphatic carbocycles. The monoisotopic (exact) mass is 252 g/mol. The van der Waals surface area contributed by atoms with Crippen molar-refractivity contribution in [2.24, 2.45) is 0 Å². The molecular weight excluding hydrogens is 238 g/mol. The predicted octanol–water partition coefficient (Wildman–Crippen LogP) is 3.40. The van der Waals surface area contributed by atoms with Gasteiger partial charge in [-0.3, -0.25) is 0 Å². The third kappa shape index (κ3) is 2.59. The number of aliphatic hydroxyl groups excluding tert-OH is 1. The molecule has 96 valence electrons. The second-order valence-corrected chi connectivity index (χ2v) is 4.12. The molecule has 0 saturated carbocycles. The number of hydrogen-bond donors (Lipinski definition) is 1. The Morgan fingerprint density at radius 3 is 2.67 bits per heavy atom. The van der Waals surface area contributed by atoms with E-state index in [1.54, 1.807) is 6.07 Å². The zero-order valence-corrected chi connectivity index (χ0v) is 9.99. The van der Waals surface area contributed by atoms with E-state index in [0.717, 1.165) is 12.1 Å². The summed E-state index contributed by atoms with van der Waals surface area (Å²) in [4.78, 5) is 0. The molecule has 1 heterocycles. The number of hydrogen-bond acceptors (Lipinski definition) is 2. The van der Waals surface area contributed by atoms with Crippen LogP contribution in [0.1, 0.15) is 29.9 Å². The van der Waals surface area contributed by atoms with Crippen molar-refractivity contribution in [3.05, 3.63) is 59.1 Å². The molecule has 2 rings (SSSR count). The van der Waals surface area contributed by atoms with Crippen LogP contribution < -0.4 is 0 Å². The van der Waals surface area contributed by atoms with Crippen LogP contribution in [0, 0.1) is 11.6 Å². The maximum Gasteiger partial charge on any atom is 0.159 e. The van der Waals surface area contributed by atoms with Gasteiger partial charge in [-0.05, 0) is 23.8 Å². The molecule has 1 unspecified atom stereocenters. The van der Waals surface area contributed by atoms with Gasteiger partial charge < -0.3 is 9.52 Å². The fraction of sp³-hybridized carbons (Fsp3) is 0.286. The number of rotatable bonds is 4. The summed E-state index contributed by atoms with van der Waals surface area (Å²) in [5, 5.41) is 10.1. The summed E-state index contributed by atoms with van der Waals surface area (Å²) in [5.41, 5.74) is 1.24. The van der Waals surface area contributed by atoms with Crippen molar-refractivity contribution in [1.29, 1.82) is 0 Å². The van der Waals surface area contributed by atoms with Crippen molar-refractivity contribution in [2.45, 2.75) is 25.9 Å². The number of benzene rings is 1. The summed E-state index contributed by atoms with van der Waals surface area (Å²) < 4.78 is 31.0. The molecule has 0 saturated heterocycles. The summed E-state index contributed by atoms with van der Waals surface area (Å²) in [6, 6.07) is 5.33. The van der Waals surface area contributed by atoms with Gasteiger partial charge in [-0.25, -0.2) is 8.78 Å². The number of aryl methyl sites for hydroxylation is 1. The van der Waals surface area contributed by atoms with E-state index in [2.05, 4.69) is 0 Å². The van der Waals surface area contributed by atoms with Crippen LogP contribution in [0.2, 0.25) is 0 Å². The van der Waals surface area contributed by atoms with Crippen LogP contribution in [0.3, 0.4) is 0 Å². The van der Waals surface area contributed by atoms with Gasteiger partial charge in [-0.1, -0.05) is 13.0 Å². The maximum absolute atomic E-state index is 13.0. The minimum atomic E-state index is -0.900. The molecule has 0 bridgehead atoms. The van der Waals surface area contributed by atoms with Crippen molar-refractivity contribution >= 4 is 0 Å². The largest absolute Gasteiger partial charge is 0.469 e. The van der Waals surface area contributed by atoms with Gasteiger partial charge >= 0.3 is 0 Å². The normalized spacial score (nSPS) is 12.7. The van der Waals surface area contributed by atoms with Gasteiger partial charge in [0.2, 0.25) is 0 Å². The lowest BCUT2D eigenvalue weighted by atomic mass is 10.0. The molecule has 2 nitrogen and oxygen atoms in total. The lowest BCUT2D eigenvalue weighted by molar-refractivity contribution is 0.175. The Bertz CT molecular complexity index is 534. The summed E-state index contributed by atoms with van der Waals surface area (Å²) >= 11 is 0. The molecule has 0 aliphatic heterocycles.